The highest BCUT2D eigenvalue weighted by Gasteiger charge is 2.21. The van der Waals surface area contributed by atoms with Crippen LogP contribution in [0.25, 0.3) is 0 Å². The number of hydrogen-bond acceptors (Lipinski definition) is 5. The van der Waals surface area contributed by atoms with E-state index in [0.29, 0.717) is 11.7 Å². The van der Waals surface area contributed by atoms with Crippen LogP contribution in [0.1, 0.15) is 23.7 Å². The second-order valence-electron chi connectivity index (χ2n) is 4.53. The molecule has 0 saturated carbocycles. The number of rotatable bonds is 5. The first kappa shape index (κ1) is 12.8. The van der Waals surface area contributed by atoms with Crippen molar-refractivity contribution < 1.29 is 9.90 Å². The van der Waals surface area contributed by atoms with Crippen LogP contribution in [0.15, 0.2) is 12.3 Å². The van der Waals surface area contributed by atoms with E-state index in [1.54, 1.807) is 0 Å². The molecule has 1 fully saturated rings. The van der Waals surface area contributed by atoms with Crippen molar-refractivity contribution in [2.45, 2.75) is 13.3 Å². The molecule has 2 rings (SSSR count). The molecule has 1 aliphatic heterocycles. The Bertz CT molecular complexity index is 424. The normalized spacial score (nSPS) is 19.9. The van der Waals surface area contributed by atoms with Crippen molar-refractivity contribution >= 4 is 11.8 Å². The Hall–Kier alpha value is -1.69. The second kappa shape index (κ2) is 5.77. The molecule has 1 atom stereocenters. The number of carbonyl (C=O) groups is 1. The zero-order valence-corrected chi connectivity index (χ0v) is 10.5. The molecule has 1 aromatic heterocycles. The summed E-state index contributed by atoms with van der Waals surface area (Å²) in [5, 5.41) is 19.7. The molecule has 6 heteroatoms. The van der Waals surface area contributed by atoms with E-state index in [0.717, 1.165) is 32.6 Å². The second-order valence-corrected chi connectivity index (χ2v) is 4.53. The van der Waals surface area contributed by atoms with Crippen molar-refractivity contribution in [1.29, 1.82) is 0 Å². The van der Waals surface area contributed by atoms with Gasteiger partial charge < -0.3 is 15.3 Å². The summed E-state index contributed by atoms with van der Waals surface area (Å²) >= 11 is 0. The predicted octanol–water partition coefficient (Wildman–Crippen LogP) is 0.928. The zero-order chi connectivity index (χ0) is 13.0. The summed E-state index contributed by atoms with van der Waals surface area (Å²) in [6.45, 7) is 6.15. The maximum absolute atomic E-state index is 11.0. The average molecular weight is 250 g/mol. The van der Waals surface area contributed by atoms with E-state index in [-0.39, 0.29) is 5.56 Å². The smallest absolute Gasteiger partial charge is 0.339 e. The average Bonchev–Trinajstić information content (AvgIpc) is 2.84. The molecule has 0 bridgehead atoms. The molecule has 18 heavy (non-hydrogen) atoms. The minimum absolute atomic E-state index is 0.176. The molecular weight excluding hydrogens is 232 g/mol. The first-order valence-corrected chi connectivity index (χ1v) is 6.22. The van der Waals surface area contributed by atoms with Crippen molar-refractivity contribution in [2.24, 2.45) is 5.92 Å². The molecule has 1 aliphatic rings. The van der Waals surface area contributed by atoms with Crippen LogP contribution >= 0.6 is 0 Å². The van der Waals surface area contributed by atoms with Gasteiger partial charge in [-0.1, -0.05) is 6.92 Å². The lowest BCUT2D eigenvalue weighted by Gasteiger charge is -2.14. The highest BCUT2D eigenvalue weighted by Crippen LogP contribution is 2.17. The summed E-state index contributed by atoms with van der Waals surface area (Å²) in [5.41, 5.74) is 0.176. The van der Waals surface area contributed by atoms with E-state index < -0.39 is 5.97 Å². The van der Waals surface area contributed by atoms with Crippen LogP contribution in [0, 0.1) is 5.92 Å². The monoisotopic (exact) mass is 250 g/mol. The number of aromatic nitrogens is 2. The van der Waals surface area contributed by atoms with E-state index in [1.807, 2.05) is 0 Å². The summed E-state index contributed by atoms with van der Waals surface area (Å²) < 4.78 is 0. The van der Waals surface area contributed by atoms with E-state index in [9.17, 15) is 4.79 Å². The van der Waals surface area contributed by atoms with Crippen molar-refractivity contribution in [1.82, 2.24) is 15.1 Å². The van der Waals surface area contributed by atoms with Crippen molar-refractivity contribution in [3.8, 4) is 0 Å². The zero-order valence-electron chi connectivity index (χ0n) is 10.5. The number of carboxylic acid groups (broad SMARTS) is 1. The highest BCUT2D eigenvalue weighted by atomic mass is 16.4. The Labute approximate surface area is 106 Å². The topological polar surface area (TPSA) is 78.3 Å². The largest absolute Gasteiger partial charge is 0.478 e. The Morgan fingerprint density at radius 2 is 2.50 bits per heavy atom. The molecule has 0 aliphatic carbocycles. The Morgan fingerprint density at radius 3 is 3.17 bits per heavy atom. The highest BCUT2D eigenvalue weighted by molar-refractivity contribution is 5.92. The maximum atomic E-state index is 11.0. The molecule has 98 valence electrons. The van der Waals surface area contributed by atoms with Gasteiger partial charge in [0.2, 0.25) is 0 Å². The molecule has 0 aromatic carbocycles. The molecule has 0 spiro atoms. The van der Waals surface area contributed by atoms with Gasteiger partial charge in [-0.3, -0.25) is 0 Å². The molecule has 2 heterocycles. The number of anilines is 1. The minimum Gasteiger partial charge on any atom is -0.478 e. The van der Waals surface area contributed by atoms with Gasteiger partial charge >= 0.3 is 5.97 Å². The fourth-order valence-electron chi connectivity index (χ4n) is 2.24. The predicted molar refractivity (Wildman–Crippen MR) is 67.7 cm³/mol. The fourth-order valence-corrected chi connectivity index (χ4v) is 2.24. The van der Waals surface area contributed by atoms with Gasteiger partial charge in [0.15, 0.2) is 5.82 Å². The van der Waals surface area contributed by atoms with Crippen molar-refractivity contribution in [3.63, 3.8) is 0 Å². The summed E-state index contributed by atoms with van der Waals surface area (Å²) in [6.07, 6.45) is 2.53. The Morgan fingerprint density at radius 1 is 1.67 bits per heavy atom. The lowest BCUT2D eigenvalue weighted by atomic mass is 10.1. The number of likely N-dealkylation sites (tertiary alicyclic amines) is 1. The number of carboxylic acids is 1. The van der Waals surface area contributed by atoms with Crippen LogP contribution in [0.3, 0.4) is 0 Å². The van der Waals surface area contributed by atoms with Gasteiger partial charge in [-0.2, -0.15) is 5.10 Å². The lowest BCUT2D eigenvalue weighted by molar-refractivity contribution is 0.0697. The quantitative estimate of drug-likeness (QED) is 0.809. The first-order chi connectivity index (χ1) is 8.70. The number of aromatic carboxylic acids is 1. The van der Waals surface area contributed by atoms with Crippen molar-refractivity contribution in [3.05, 3.63) is 17.8 Å². The first-order valence-electron chi connectivity index (χ1n) is 6.22. The van der Waals surface area contributed by atoms with Gasteiger partial charge in [-0.15, -0.1) is 5.10 Å². The summed E-state index contributed by atoms with van der Waals surface area (Å²) in [4.78, 5) is 13.4. The number of nitrogens with one attached hydrogen (secondary N) is 1. The van der Waals surface area contributed by atoms with E-state index >= 15 is 0 Å². The van der Waals surface area contributed by atoms with Crippen LogP contribution < -0.4 is 5.32 Å². The molecular formula is C12H18N4O2. The fraction of sp³-hybridized carbons (Fsp3) is 0.583. The molecule has 0 radical (unpaired) electrons. The summed E-state index contributed by atoms with van der Waals surface area (Å²) in [5.74, 6) is -0.0671. The van der Waals surface area contributed by atoms with E-state index in [1.165, 1.54) is 12.3 Å². The van der Waals surface area contributed by atoms with Crippen LogP contribution in [-0.2, 0) is 0 Å². The van der Waals surface area contributed by atoms with Crippen molar-refractivity contribution in [2.75, 3.05) is 31.5 Å². The summed E-state index contributed by atoms with van der Waals surface area (Å²) in [6, 6.07) is 1.46. The third kappa shape index (κ3) is 2.95. The molecule has 0 amide bonds. The SMILES string of the molecule is CCN1CCC(CNc2nnccc2C(=O)O)C1. The van der Waals surface area contributed by atoms with Crippen LogP contribution in [-0.4, -0.2) is 52.4 Å². The Balaban J connectivity index is 1.92. The molecule has 1 aromatic rings. The Kier molecular flexibility index (Phi) is 4.09. The van der Waals surface area contributed by atoms with E-state index in [4.69, 9.17) is 5.11 Å². The molecule has 1 unspecified atom stereocenters. The molecule has 2 N–H and O–H groups in total. The van der Waals surface area contributed by atoms with E-state index in [2.05, 4.69) is 27.3 Å². The van der Waals surface area contributed by atoms with Crippen LogP contribution in [0.4, 0.5) is 5.82 Å². The van der Waals surface area contributed by atoms with Gasteiger partial charge in [0.25, 0.3) is 0 Å². The van der Waals surface area contributed by atoms with Gasteiger partial charge in [0, 0.05) is 13.1 Å². The maximum Gasteiger partial charge on any atom is 0.339 e. The van der Waals surface area contributed by atoms with Gasteiger partial charge in [0.05, 0.1) is 6.20 Å². The van der Waals surface area contributed by atoms with Crippen LogP contribution in [0.2, 0.25) is 0 Å². The van der Waals surface area contributed by atoms with Gasteiger partial charge in [-0.05, 0) is 31.5 Å². The van der Waals surface area contributed by atoms with Gasteiger partial charge in [-0.25, -0.2) is 4.79 Å². The number of hydrogen-bond donors (Lipinski definition) is 2. The van der Waals surface area contributed by atoms with Crippen LogP contribution in [0.5, 0.6) is 0 Å². The third-order valence-electron chi connectivity index (χ3n) is 3.33. The summed E-state index contributed by atoms with van der Waals surface area (Å²) in [7, 11) is 0. The standard InChI is InChI=1S/C12H18N4O2/c1-2-16-6-4-9(8-16)7-13-11-10(12(17)18)3-5-14-15-11/h3,5,9H,2,4,6-8H2,1H3,(H,13,15)(H,17,18). The lowest BCUT2D eigenvalue weighted by Crippen LogP contribution is -2.23. The number of nitrogens with zero attached hydrogens (tertiary/aromatic N) is 3. The molecule has 1 saturated heterocycles. The minimum atomic E-state index is -0.978. The third-order valence-corrected chi connectivity index (χ3v) is 3.33. The van der Waals surface area contributed by atoms with Gasteiger partial charge in [0.1, 0.15) is 5.56 Å². The molecule has 6 nitrogen and oxygen atoms in total.